The number of rotatable bonds is 3. The van der Waals surface area contributed by atoms with Crippen molar-refractivity contribution in [1.82, 2.24) is 10.3 Å². The predicted molar refractivity (Wildman–Crippen MR) is 67.4 cm³/mol. The fourth-order valence-electron chi connectivity index (χ4n) is 1.30. The van der Waals surface area contributed by atoms with Crippen molar-refractivity contribution in [2.45, 2.75) is 13.5 Å². The molecule has 0 fully saturated rings. The fourth-order valence-corrected chi connectivity index (χ4v) is 1.37. The summed E-state index contributed by atoms with van der Waals surface area (Å²) < 4.78 is 10.1. The van der Waals surface area contributed by atoms with E-state index in [0.29, 0.717) is 18.2 Å². The van der Waals surface area contributed by atoms with Gasteiger partial charge in [0.1, 0.15) is 23.7 Å². The maximum atomic E-state index is 5.55. The lowest BCUT2D eigenvalue weighted by Gasteiger charge is -2.03. The van der Waals surface area contributed by atoms with Gasteiger partial charge in [0.2, 0.25) is 0 Å². The number of nitrogens with zero attached hydrogens (tertiary/aromatic N) is 2. The van der Waals surface area contributed by atoms with Gasteiger partial charge in [-0.2, -0.15) is 0 Å². The highest BCUT2D eigenvalue weighted by Crippen LogP contribution is 2.14. The molecule has 0 aliphatic carbocycles. The molecule has 0 aliphatic heterocycles. The molecule has 0 spiro atoms. The Bertz CT molecular complexity index is 567. The maximum absolute atomic E-state index is 5.55. The summed E-state index contributed by atoms with van der Waals surface area (Å²) in [6.07, 6.45) is 0. The van der Waals surface area contributed by atoms with Crippen LogP contribution in [0.25, 0.3) is 0 Å². The number of aryl methyl sites for hydroxylation is 1. The van der Waals surface area contributed by atoms with Gasteiger partial charge in [0, 0.05) is 5.56 Å². The van der Waals surface area contributed by atoms with Crippen LogP contribution in [0.15, 0.2) is 28.9 Å². The molecule has 5 heteroatoms. The number of hydrogen-bond acceptors (Lipinski definition) is 4. The largest absolute Gasteiger partial charge is 0.487 e. The smallest absolute Gasteiger partial charge is 0.145 e. The minimum Gasteiger partial charge on any atom is -0.487 e. The second-order valence-corrected chi connectivity index (χ2v) is 3.81. The van der Waals surface area contributed by atoms with Crippen molar-refractivity contribution in [3.05, 3.63) is 41.2 Å². The molecule has 0 N–H and O–H groups in total. The van der Waals surface area contributed by atoms with Gasteiger partial charge < -0.3 is 4.74 Å². The first-order chi connectivity index (χ1) is 8.79. The van der Waals surface area contributed by atoms with Crippen LogP contribution in [0, 0.1) is 18.8 Å². The topological polar surface area (TPSA) is 48.2 Å². The number of hydrogen-bond donors (Lipinski definition) is 0. The fraction of sp³-hybridized carbons (Fsp3) is 0.231. The van der Waals surface area contributed by atoms with Gasteiger partial charge in [0.25, 0.3) is 0 Å². The second-order valence-electron chi connectivity index (χ2n) is 3.54. The SMILES string of the molecule is Cc1nonc1COc1ccc(C#CCCl)cc1. The summed E-state index contributed by atoms with van der Waals surface area (Å²) in [7, 11) is 0. The molecular formula is C13H11ClN2O2. The molecule has 0 saturated heterocycles. The predicted octanol–water partition coefficient (Wildman–Crippen LogP) is 2.55. The summed E-state index contributed by atoms with van der Waals surface area (Å²) in [5, 5.41) is 7.42. The van der Waals surface area contributed by atoms with Crippen molar-refractivity contribution in [2.75, 3.05) is 5.88 Å². The van der Waals surface area contributed by atoms with Crippen LogP contribution >= 0.6 is 11.6 Å². The van der Waals surface area contributed by atoms with E-state index in [0.717, 1.165) is 17.0 Å². The molecule has 0 amide bonds. The number of alkyl halides is 1. The van der Waals surface area contributed by atoms with Gasteiger partial charge in [-0.25, -0.2) is 4.63 Å². The van der Waals surface area contributed by atoms with E-state index in [1.165, 1.54) is 0 Å². The molecule has 1 aromatic heterocycles. The first-order valence-electron chi connectivity index (χ1n) is 5.35. The van der Waals surface area contributed by atoms with Crippen LogP contribution in [0.5, 0.6) is 5.75 Å². The molecule has 0 unspecified atom stereocenters. The highest BCUT2D eigenvalue weighted by molar-refractivity contribution is 6.19. The van der Waals surface area contributed by atoms with E-state index in [1.54, 1.807) is 0 Å². The van der Waals surface area contributed by atoms with Crippen LogP contribution in [-0.4, -0.2) is 16.2 Å². The molecule has 4 nitrogen and oxygen atoms in total. The molecule has 1 heterocycles. The molecule has 0 atom stereocenters. The van der Waals surface area contributed by atoms with Crippen molar-refractivity contribution in [1.29, 1.82) is 0 Å². The minimum atomic E-state index is 0.330. The Balaban J connectivity index is 1.96. The number of aromatic nitrogens is 2. The van der Waals surface area contributed by atoms with Crippen molar-refractivity contribution in [2.24, 2.45) is 0 Å². The van der Waals surface area contributed by atoms with Gasteiger partial charge in [-0.3, -0.25) is 0 Å². The van der Waals surface area contributed by atoms with E-state index in [9.17, 15) is 0 Å². The van der Waals surface area contributed by atoms with E-state index in [4.69, 9.17) is 16.3 Å². The monoisotopic (exact) mass is 262 g/mol. The Hall–Kier alpha value is -1.99. The van der Waals surface area contributed by atoms with E-state index in [2.05, 4.69) is 26.8 Å². The van der Waals surface area contributed by atoms with Gasteiger partial charge >= 0.3 is 0 Å². The van der Waals surface area contributed by atoms with Gasteiger partial charge in [0.15, 0.2) is 0 Å². The average Bonchev–Trinajstić information content (AvgIpc) is 2.81. The van der Waals surface area contributed by atoms with E-state index in [1.807, 2.05) is 31.2 Å². The molecule has 18 heavy (non-hydrogen) atoms. The Morgan fingerprint density at radius 2 is 2.06 bits per heavy atom. The summed E-state index contributed by atoms with van der Waals surface area (Å²) >= 11 is 5.48. The normalized spacial score (nSPS) is 9.67. The van der Waals surface area contributed by atoms with Gasteiger partial charge in [-0.15, -0.1) is 11.6 Å². The Morgan fingerprint density at radius 3 is 2.67 bits per heavy atom. The number of ether oxygens (including phenoxy) is 1. The summed E-state index contributed by atoms with van der Waals surface area (Å²) in [4.78, 5) is 0. The molecule has 92 valence electrons. The van der Waals surface area contributed by atoms with Crippen LogP contribution in [0.3, 0.4) is 0 Å². The summed E-state index contributed by atoms with van der Waals surface area (Å²) in [6.45, 7) is 2.15. The molecule has 0 bridgehead atoms. The van der Waals surface area contributed by atoms with Crippen molar-refractivity contribution < 1.29 is 9.37 Å². The standard InChI is InChI=1S/C13H11ClN2O2/c1-10-13(16-18-15-10)9-17-12-6-4-11(5-7-12)3-2-8-14/h4-7H,8-9H2,1H3. The highest BCUT2D eigenvalue weighted by Gasteiger charge is 2.05. The third-order valence-corrected chi connectivity index (χ3v) is 2.41. The van der Waals surface area contributed by atoms with Crippen LogP contribution in [0.1, 0.15) is 17.0 Å². The van der Waals surface area contributed by atoms with Crippen LogP contribution in [0.2, 0.25) is 0 Å². The van der Waals surface area contributed by atoms with Gasteiger partial charge in [-0.05, 0) is 31.2 Å². The molecule has 0 aliphatic rings. The van der Waals surface area contributed by atoms with E-state index in [-0.39, 0.29) is 0 Å². The summed E-state index contributed by atoms with van der Waals surface area (Å²) in [5.41, 5.74) is 2.34. The van der Waals surface area contributed by atoms with E-state index < -0.39 is 0 Å². The minimum absolute atomic E-state index is 0.330. The lowest BCUT2D eigenvalue weighted by Crippen LogP contribution is -1.97. The number of halogens is 1. The maximum Gasteiger partial charge on any atom is 0.145 e. The van der Waals surface area contributed by atoms with Crippen LogP contribution < -0.4 is 4.74 Å². The van der Waals surface area contributed by atoms with E-state index >= 15 is 0 Å². The molecule has 1 aromatic carbocycles. The summed E-state index contributed by atoms with van der Waals surface area (Å²) in [5.74, 6) is 6.79. The zero-order chi connectivity index (χ0) is 12.8. The summed E-state index contributed by atoms with van der Waals surface area (Å²) in [6, 6.07) is 7.45. The van der Waals surface area contributed by atoms with Crippen molar-refractivity contribution >= 4 is 11.6 Å². The third kappa shape index (κ3) is 3.25. The van der Waals surface area contributed by atoms with Crippen LogP contribution in [-0.2, 0) is 6.61 Å². The first kappa shape index (κ1) is 12.5. The molecular weight excluding hydrogens is 252 g/mol. The zero-order valence-corrected chi connectivity index (χ0v) is 10.6. The zero-order valence-electron chi connectivity index (χ0n) is 9.81. The third-order valence-electron chi connectivity index (χ3n) is 2.28. The highest BCUT2D eigenvalue weighted by atomic mass is 35.5. The molecule has 0 radical (unpaired) electrons. The van der Waals surface area contributed by atoms with Crippen molar-refractivity contribution in [3.63, 3.8) is 0 Å². The van der Waals surface area contributed by atoms with Crippen LogP contribution in [0.4, 0.5) is 0 Å². The Labute approximate surface area is 110 Å². The molecule has 2 aromatic rings. The lowest BCUT2D eigenvalue weighted by atomic mass is 10.2. The van der Waals surface area contributed by atoms with Crippen molar-refractivity contribution in [3.8, 4) is 17.6 Å². The van der Waals surface area contributed by atoms with Gasteiger partial charge in [-0.1, -0.05) is 22.2 Å². The quantitative estimate of drug-likeness (QED) is 0.630. The van der Waals surface area contributed by atoms with Gasteiger partial charge in [0.05, 0.1) is 5.88 Å². The lowest BCUT2D eigenvalue weighted by molar-refractivity contribution is 0.270. The Morgan fingerprint density at radius 1 is 1.28 bits per heavy atom. The average molecular weight is 263 g/mol. The second kappa shape index (κ2) is 6.08. The molecule has 0 saturated carbocycles. The first-order valence-corrected chi connectivity index (χ1v) is 5.89. The molecule has 2 rings (SSSR count). The number of benzene rings is 1. The Kier molecular flexibility index (Phi) is 4.21.